The van der Waals surface area contributed by atoms with Crippen molar-refractivity contribution in [1.29, 1.82) is 0 Å². The van der Waals surface area contributed by atoms with Crippen molar-refractivity contribution in [2.45, 2.75) is 44.6 Å². The number of methoxy groups -OCH3 is 2. The molecule has 3 heterocycles. The number of aromatic nitrogens is 2. The van der Waals surface area contributed by atoms with E-state index in [1.165, 1.54) is 24.8 Å². The molecule has 1 aliphatic heterocycles. The lowest BCUT2D eigenvalue weighted by Gasteiger charge is -2.38. The van der Waals surface area contributed by atoms with E-state index < -0.39 is 0 Å². The third-order valence-corrected chi connectivity index (χ3v) is 7.59. The summed E-state index contributed by atoms with van der Waals surface area (Å²) in [6.07, 6.45) is 10.0. The summed E-state index contributed by atoms with van der Waals surface area (Å²) in [7, 11) is 3.07. The largest absolute Gasteiger partial charge is 0.496 e. The number of H-pyrrole nitrogens is 1. The van der Waals surface area contributed by atoms with Gasteiger partial charge in [0.1, 0.15) is 17.2 Å². The van der Waals surface area contributed by atoms with Crippen molar-refractivity contribution in [3.05, 3.63) is 54.1 Å². The fourth-order valence-corrected chi connectivity index (χ4v) is 5.62. The zero-order valence-electron chi connectivity index (χ0n) is 20.4. The van der Waals surface area contributed by atoms with Crippen LogP contribution in [-0.4, -0.2) is 54.2 Å². The summed E-state index contributed by atoms with van der Waals surface area (Å²) in [4.78, 5) is 22.1. The molecular weight excluding hydrogens is 445 g/mol. The standard InChI is InChI=1S/C28H32FN3O3/c1-34-26-8-5-20(29)16-23(26)22-9-12-30-28-24(22)17-25(31-28)19-10-13-32(14-11-19)21-6-3-18(4-7-21)15-27(33)35-2/h5,8-10,12,16-18,21H,3-4,6-7,11,13-15H2,1-2H3,(H,30,31). The van der Waals surface area contributed by atoms with Gasteiger partial charge >= 0.3 is 5.97 Å². The van der Waals surface area contributed by atoms with Gasteiger partial charge in [-0.25, -0.2) is 9.37 Å². The number of carbonyl (C=O) groups excluding carboxylic acids is 1. The maximum absolute atomic E-state index is 14.0. The minimum Gasteiger partial charge on any atom is -0.496 e. The van der Waals surface area contributed by atoms with Gasteiger partial charge < -0.3 is 14.5 Å². The lowest BCUT2D eigenvalue weighted by atomic mass is 9.83. The predicted molar refractivity (Wildman–Crippen MR) is 135 cm³/mol. The van der Waals surface area contributed by atoms with E-state index in [1.54, 1.807) is 19.4 Å². The SMILES string of the molecule is COC(=O)CC1CCC(N2CC=C(c3cc4c(-c5cc(F)ccc5OC)ccnc4[nH]3)CC2)CC1. The smallest absolute Gasteiger partial charge is 0.305 e. The van der Waals surface area contributed by atoms with Crippen LogP contribution >= 0.6 is 0 Å². The first-order valence-electron chi connectivity index (χ1n) is 12.4. The summed E-state index contributed by atoms with van der Waals surface area (Å²) >= 11 is 0. The van der Waals surface area contributed by atoms with Crippen molar-refractivity contribution in [3.8, 4) is 16.9 Å². The van der Waals surface area contributed by atoms with Crippen LogP contribution in [0, 0.1) is 11.7 Å². The fourth-order valence-electron chi connectivity index (χ4n) is 5.62. The van der Waals surface area contributed by atoms with Crippen molar-refractivity contribution in [3.63, 3.8) is 0 Å². The van der Waals surface area contributed by atoms with Gasteiger partial charge in [0.15, 0.2) is 0 Å². The average Bonchev–Trinajstić information content (AvgIpc) is 3.34. The fraction of sp³-hybridized carbons (Fsp3) is 0.429. The molecule has 0 saturated heterocycles. The van der Waals surface area contributed by atoms with Gasteiger partial charge in [0.2, 0.25) is 0 Å². The van der Waals surface area contributed by atoms with Gasteiger partial charge in [-0.15, -0.1) is 0 Å². The molecule has 0 bridgehead atoms. The number of aromatic amines is 1. The Bertz CT molecular complexity index is 1240. The number of nitrogens with one attached hydrogen (secondary N) is 1. The Labute approximate surface area is 205 Å². The molecule has 35 heavy (non-hydrogen) atoms. The number of nitrogens with zero attached hydrogens (tertiary/aromatic N) is 2. The molecule has 0 unspecified atom stereocenters. The van der Waals surface area contributed by atoms with Crippen molar-refractivity contribution >= 4 is 22.6 Å². The monoisotopic (exact) mass is 477 g/mol. The quantitative estimate of drug-likeness (QED) is 0.469. The number of ether oxygens (including phenoxy) is 2. The summed E-state index contributed by atoms with van der Waals surface area (Å²) in [6, 6.07) is 9.20. The Morgan fingerprint density at radius 2 is 1.97 bits per heavy atom. The Hall–Kier alpha value is -3.19. The zero-order valence-corrected chi connectivity index (χ0v) is 20.4. The molecule has 1 fully saturated rings. The zero-order chi connectivity index (χ0) is 24.4. The first-order chi connectivity index (χ1) is 17.1. The molecule has 0 atom stereocenters. The summed E-state index contributed by atoms with van der Waals surface area (Å²) in [5.74, 6) is 0.705. The molecule has 1 aliphatic carbocycles. The summed E-state index contributed by atoms with van der Waals surface area (Å²) in [6.45, 7) is 1.95. The molecule has 2 aliphatic rings. The molecule has 2 aromatic heterocycles. The van der Waals surface area contributed by atoms with Crippen molar-refractivity contribution in [2.75, 3.05) is 27.3 Å². The lowest BCUT2D eigenvalue weighted by Crippen LogP contribution is -2.40. The van der Waals surface area contributed by atoms with Crippen LogP contribution in [0.3, 0.4) is 0 Å². The van der Waals surface area contributed by atoms with Crippen LogP contribution in [0.1, 0.15) is 44.2 Å². The van der Waals surface area contributed by atoms with Gasteiger partial charge in [0, 0.05) is 48.4 Å². The van der Waals surface area contributed by atoms with E-state index in [9.17, 15) is 9.18 Å². The first-order valence-corrected chi connectivity index (χ1v) is 12.4. The Morgan fingerprint density at radius 1 is 1.14 bits per heavy atom. The van der Waals surface area contributed by atoms with E-state index in [0.717, 1.165) is 73.0 Å². The molecule has 3 aromatic rings. The van der Waals surface area contributed by atoms with Gasteiger partial charge in [-0.2, -0.15) is 0 Å². The lowest BCUT2D eigenvalue weighted by molar-refractivity contribution is -0.142. The van der Waals surface area contributed by atoms with Crippen LogP contribution in [-0.2, 0) is 9.53 Å². The van der Waals surface area contributed by atoms with E-state index in [-0.39, 0.29) is 11.8 Å². The Balaban J connectivity index is 1.31. The van der Waals surface area contributed by atoms with Crippen LogP contribution in [0.2, 0.25) is 0 Å². The molecule has 1 N–H and O–H groups in total. The van der Waals surface area contributed by atoms with E-state index in [4.69, 9.17) is 9.47 Å². The maximum Gasteiger partial charge on any atom is 0.305 e. The van der Waals surface area contributed by atoms with Crippen molar-refractivity contribution in [2.24, 2.45) is 5.92 Å². The second kappa shape index (κ2) is 10.2. The number of pyridine rings is 1. The minimum atomic E-state index is -0.295. The van der Waals surface area contributed by atoms with Crippen LogP contribution in [0.4, 0.5) is 4.39 Å². The van der Waals surface area contributed by atoms with Crippen LogP contribution < -0.4 is 4.74 Å². The maximum atomic E-state index is 14.0. The number of carbonyl (C=O) groups is 1. The van der Waals surface area contributed by atoms with Crippen LogP contribution in [0.5, 0.6) is 5.75 Å². The molecule has 0 spiro atoms. The molecular formula is C28H32FN3O3. The molecule has 0 radical (unpaired) electrons. The van der Waals surface area contributed by atoms with Crippen LogP contribution in [0.25, 0.3) is 27.7 Å². The number of hydrogen-bond donors (Lipinski definition) is 1. The predicted octanol–water partition coefficient (Wildman–Crippen LogP) is 5.59. The van der Waals surface area contributed by atoms with Gasteiger partial charge in [-0.1, -0.05) is 6.08 Å². The van der Waals surface area contributed by atoms with E-state index in [0.29, 0.717) is 24.1 Å². The topological polar surface area (TPSA) is 67.4 Å². The van der Waals surface area contributed by atoms with Gasteiger partial charge in [0.25, 0.3) is 0 Å². The summed E-state index contributed by atoms with van der Waals surface area (Å²) < 4.78 is 24.4. The number of benzene rings is 1. The molecule has 184 valence electrons. The second-order valence-corrected chi connectivity index (χ2v) is 9.58. The third kappa shape index (κ3) is 4.96. The molecule has 1 aromatic carbocycles. The van der Waals surface area contributed by atoms with Gasteiger partial charge in [-0.05, 0) is 79.5 Å². The van der Waals surface area contributed by atoms with E-state index >= 15 is 0 Å². The Morgan fingerprint density at radius 3 is 2.69 bits per heavy atom. The molecule has 1 saturated carbocycles. The normalized spacial score (nSPS) is 21.1. The van der Waals surface area contributed by atoms with Crippen molar-refractivity contribution in [1.82, 2.24) is 14.9 Å². The van der Waals surface area contributed by atoms with E-state index in [2.05, 4.69) is 27.0 Å². The molecule has 7 heteroatoms. The summed E-state index contributed by atoms with van der Waals surface area (Å²) in [5.41, 5.74) is 4.76. The van der Waals surface area contributed by atoms with Crippen LogP contribution in [0.15, 0.2) is 42.6 Å². The van der Waals surface area contributed by atoms with Gasteiger partial charge in [-0.3, -0.25) is 9.69 Å². The first kappa shape index (κ1) is 23.5. The van der Waals surface area contributed by atoms with Gasteiger partial charge in [0.05, 0.1) is 14.2 Å². The number of esters is 1. The number of halogens is 1. The number of hydrogen-bond acceptors (Lipinski definition) is 5. The number of rotatable bonds is 6. The second-order valence-electron chi connectivity index (χ2n) is 9.58. The molecule has 6 nitrogen and oxygen atoms in total. The third-order valence-electron chi connectivity index (χ3n) is 7.59. The van der Waals surface area contributed by atoms with E-state index in [1.807, 2.05) is 6.07 Å². The molecule has 5 rings (SSSR count). The highest BCUT2D eigenvalue weighted by molar-refractivity contribution is 5.96. The minimum absolute atomic E-state index is 0.0918. The Kier molecular flexibility index (Phi) is 6.86. The highest BCUT2D eigenvalue weighted by Crippen LogP contribution is 2.37. The molecule has 0 amide bonds. The highest BCUT2D eigenvalue weighted by atomic mass is 19.1. The highest BCUT2D eigenvalue weighted by Gasteiger charge is 2.28. The summed E-state index contributed by atoms with van der Waals surface area (Å²) in [5, 5.41) is 0.957. The number of fused-ring (bicyclic) bond motifs is 1. The van der Waals surface area contributed by atoms with Crippen molar-refractivity contribution < 1.29 is 18.7 Å². The average molecular weight is 478 g/mol.